The van der Waals surface area contributed by atoms with Crippen LogP contribution in [-0.4, -0.2) is 227 Å². The molecule has 32 heteroatoms. The van der Waals surface area contributed by atoms with Gasteiger partial charge in [-0.3, -0.25) is 38.7 Å². The van der Waals surface area contributed by atoms with Crippen LogP contribution in [0.3, 0.4) is 0 Å². The summed E-state index contributed by atoms with van der Waals surface area (Å²) in [5, 5.41) is 5.68. The van der Waals surface area contributed by atoms with Gasteiger partial charge in [0.2, 0.25) is 23.6 Å². The van der Waals surface area contributed by atoms with Gasteiger partial charge in [-0.15, -0.1) is 6.20 Å². The third-order valence-electron chi connectivity index (χ3n) is 20.3. The molecule has 0 radical (unpaired) electrons. The predicted molar refractivity (Wildman–Crippen MR) is 426 cm³/mol. The van der Waals surface area contributed by atoms with Crippen molar-refractivity contribution in [3.8, 4) is 11.5 Å². The third kappa shape index (κ3) is 24.8. The number of aromatic nitrogens is 6. The third-order valence-corrected chi connectivity index (χ3v) is 20.3. The number of likely N-dealkylation sites (N-methyl/N-ethyl adjacent to an activating group) is 1. The largest absolute Gasteiger partial charge is 1.00 e. The molecule has 12 rings (SSSR count). The minimum absolute atomic E-state index is 0. The normalized spacial score (nSPS) is 16.5. The number of imidazole rings is 3. The number of carbonyl (C=O) groups is 7. The van der Waals surface area contributed by atoms with Crippen molar-refractivity contribution in [1.29, 1.82) is 0 Å². The Morgan fingerprint density at radius 3 is 1.27 bits per heavy atom. The zero-order valence-electron chi connectivity index (χ0n) is 68.1. The van der Waals surface area contributed by atoms with Crippen LogP contribution in [0.1, 0.15) is 112 Å². The number of benzene rings is 4. The average molecular weight is 1620 g/mol. The monoisotopic (exact) mass is 1620 g/mol. The van der Waals surface area contributed by atoms with E-state index in [0.29, 0.717) is 54.2 Å². The Bertz CT molecular complexity index is 4900. The van der Waals surface area contributed by atoms with Crippen molar-refractivity contribution >= 4 is 64.8 Å². The minimum Gasteiger partial charge on any atom is -0.870 e. The van der Waals surface area contributed by atoms with Crippen molar-refractivity contribution in [2.45, 2.75) is 148 Å². The molecule has 0 aliphatic carbocycles. The summed E-state index contributed by atoms with van der Waals surface area (Å²) in [5.41, 5.74) is 3.61. The summed E-state index contributed by atoms with van der Waals surface area (Å²) < 4.78 is 89.1. The van der Waals surface area contributed by atoms with Crippen molar-refractivity contribution in [2.24, 2.45) is 5.92 Å². The molecule has 622 valence electrons. The van der Waals surface area contributed by atoms with Gasteiger partial charge in [0.1, 0.15) is 99.0 Å². The van der Waals surface area contributed by atoms with E-state index in [0.717, 1.165) is 21.7 Å². The standard InChI is InChI=1S/C41H50F2N6O7.C37H43F2N5O5.C8H5N2O.Li.H2O/c1-26(46(6)40(53)56-41(3,4)5)37(50)45-36(27(2)54-7)39(52)49-24-33(55-32-17-15-30(43)16-18-32)22-31(49)23-48(21-19-28-11-13-29(42)14-12-28)38(51)34-25-47-20-9-8-10-35(47)44-34;1-5-24(2)35(45)41-34(25(3)48-4)37(47)44-22-31(49-30-15-13-28(39)14-16-30)20-29(44)21-43(19-17-26-9-11-27(38)12-10-26)36(46)32-23-42-18-7-6-8-33(42)40-32;11-6-7-5-10-4-2-1-3-8(10)9-7;;/h8-18,20,25-27,31,33,36H,19,21-24H2,1-7H3,(H,45,50);6-16,18,23-25,29,31,34H,5,17,19-22H2,1-4H3,(H,41,45);1-5H;;1H2/q;;-1;+1;/p-1/t26-,27+,31-,33-,36-;24-,25-,29+,31+,34+;;;/m01.../s1. The quantitative estimate of drug-likeness (QED) is 0.0258. The molecule has 118 heavy (non-hydrogen) atoms. The second-order valence-corrected chi connectivity index (χ2v) is 29.7. The average Bonchev–Trinajstić information content (AvgIpc) is 1.64. The first-order chi connectivity index (χ1) is 55.5. The van der Waals surface area contributed by atoms with Crippen LogP contribution in [0.15, 0.2) is 189 Å². The van der Waals surface area contributed by atoms with E-state index in [1.807, 2.05) is 61.8 Å². The van der Waals surface area contributed by atoms with Gasteiger partial charge in [0, 0.05) is 97.3 Å². The van der Waals surface area contributed by atoms with Crippen LogP contribution in [0.5, 0.6) is 11.5 Å². The number of carbonyl (C=O) groups excluding carboxylic acids is 8. The molecule has 8 heterocycles. The zero-order chi connectivity index (χ0) is 83.5. The van der Waals surface area contributed by atoms with E-state index in [1.54, 1.807) is 142 Å². The van der Waals surface area contributed by atoms with Crippen LogP contribution in [-0.2, 0) is 51.0 Å². The number of hydrogen-bond acceptors (Lipinski definition) is 17. The summed E-state index contributed by atoms with van der Waals surface area (Å²) >= 11 is 0. The molecule has 3 N–H and O–H groups in total. The summed E-state index contributed by atoms with van der Waals surface area (Å²) in [6, 6.07) is 35.5. The number of fused-ring (bicyclic) bond motifs is 3. The fraction of sp³-hybridized carbons (Fsp3) is 0.384. The van der Waals surface area contributed by atoms with E-state index < -0.39 is 89.8 Å². The molecule has 27 nitrogen and oxygen atoms in total. The fourth-order valence-corrected chi connectivity index (χ4v) is 13.3. The van der Waals surface area contributed by atoms with Gasteiger partial charge in [0.25, 0.3) is 11.8 Å². The SMILES string of the molecule is CC[C@@H](C)C(=O)N[C@H](C(=O)N1C[C@@H](Oc2ccc(F)cc2)C[C@H]1CN(CCc1ccc(F)cc1)C(=O)c1cn2ccccc2n1)[C@@H](C)OC.CO[C@H](C)[C@H](NC(=O)[C@H](C)N(C)C(=O)OC(C)(C)C)C(=O)N1C[C@@H](Oc2ccc(F)cc2)C[C@H]1CN(CCc1ccc(F)cc1)C(=O)c1cn2ccccc2n1.O=[C-]c1cn2ccccc2n1.[Li+].[OH-]. The minimum atomic E-state index is -1.20. The van der Waals surface area contributed by atoms with Gasteiger partial charge >= 0.3 is 25.0 Å². The number of methoxy groups -OCH3 is 2. The molecule has 6 aromatic heterocycles. The Morgan fingerprint density at radius 1 is 0.542 bits per heavy atom. The maximum atomic E-state index is 14.7. The van der Waals surface area contributed by atoms with Crippen molar-refractivity contribution in [3.05, 3.63) is 240 Å². The van der Waals surface area contributed by atoms with Crippen LogP contribution >= 0.6 is 0 Å². The molecule has 2 aliphatic heterocycles. The Balaban J connectivity index is 0.000000257. The molecule has 2 saturated heterocycles. The van der Waals surface area contributed by atoms with Gasteiger partial charge < -0.3 is 77.4 Å². The van der Waals surface area contributed by atoms with Crippen molar-refractivity contribution < 1.29 is 104 Å². The second-order valence-electron chi connectivity index (χ2n) is 29.7. The molecule has 10 aromatic rings. The molecule has 10 atom stereocenters. The Morgan fingerprint density at radius 2 is 0.915 bits per heavy atom. The maximum Gasteiger partial charge on any atom is 1.00 e. The van der Waals surface area contributed by atoms with E-state index >= 15 is 0 Å². The number of halogens is 4. The molecule has 0 saturated carbocycles. The topological polar surface area (TPSA) is 305 Å². The molecular weight excluding hydrogens is 1520 g/mol. The molecule has 0 spiro atoms. The molecule has 4 aromatic carbocycles. The van der Waals surface area contributed by atoms with Crippen LogP contribution < -0.4 is 39.0 Å². The molecule has 2 aliphatic rings. The van der Waals surface area contributed by atoms with Gasteiger partial charge in [-0.2, -0.15) is 0 Å². The van der Waals surface area contributed by atoms with E-state index in [9.17, 15) is 55.9 Å². The number of nitrogens with zero attached hydrogens (tertiary/aromatic N) is 11. The van der Waals surface area contributed by atoms with Gasteiger partial charge in [-0.25, -0.2) is 32.3 Å². The summed E-state index contributed by atoms with van der Waals surface area (Å²) in [6.45, 7) is 14.6. The summed E-state index contributed by atoms with van der Waals surface area (Å²) in [4.78, 5) is 128. The molecule has 2 fully saturated rings. The Hall–Kier alpha value is -11.5. The molecule has 0 bridgehead atoms. The summed E-state index contributed by atoms with van der Waals surface area (Å²) in [5.74, 6) is -3.46. The number of amides is 7. The number of likely N-dealkylation sites (tertiary alicyclic amines) is 2. The van der Waals surface area contributed by atoms with Gasteiger partial charge in [-0.05, 0) is 193 Å². The van der Waals surface area contributed by atoms with E-state index in [1.165, 1.54) is 101 Å². The zero-order valence-corrected chi connectivity index (χ0v) is 68.1. The number of hydrogen-bond donors (Lipinski definition) is 2. The Labute approximate surface area is 694 Å². The first-order valence-corrected chi connectivity index (χ1v) is 38.3. The maximum absolute atomic E-state index is 14.7. The van der Waals surface area contributed by atoms with E-state index in [-0.39, 0.29) is 123 Å². The van der Waals surface area contributed by atoms with Crippen molar-refractivity contribution in [2.75, 3.05) is 60.5 Å². The number of rotatable bonds is 29. The summed E-state index contributed by atoms with van der Waals surface area (Å²) in [7, 11) is 4.33. The first kappa shape index (κ1) is 92.0. The van der Waals surface area contributed by atoms with Gasteiger partial charge in [0.15, 0.2) is 0 Å². The van der Waals surface area contributed by atoms with Crippen LogP contribution in [0, 0.1) is 29.2 Å². The van der Waals surface area contributed by atoms with E-state index in [4.69, 9.17) is 23.7 Å². The smallest absolute Gasteiger partial charge is 0.870 e. The predicted octanol–water partition coefficient (Wildman–Crippen LogP) is 7.65. The van der Waals surface area contributed by atoms with Crippen LogP contribution in [0.4, 0.5) is 22.4 Å². The number of nitrogens with one attached hydrogen (secondary N) is 2. The van der Waals surface area contributed by atoms with E-state index in [2.05, 4.69) is 25.6 Å². The number of ether oxygens (including phenoxy) is 5. The van der Waals surface area contributed by atoms with Crippen molar-refractivity contribution in [1.82, 2.24) is 63.3 Å². The first-order valence-electron chi connectivity index (χ1n) is 38.3. The van der Waals surface area contributed by atoms with Crippen molar-refractivity contribution in [3.63, 3.8) is 0 Å². The summed E-state index contributed by atoms with van der Waals surface area (Å²) in [6.07, 6.45) is 11.0. The molecule has 7 amide bonds. The van der Waals surface area contributed by atoms with Gasteiger partial charge in [0.05, 0.1) is 37.4 Å². The van der Waals surface area contributed by atoms with Crippen LogP contribution in [0.2, 0.25) is 0 Å². The molecule has 0 unspecified atom stereocenters. The Kier molecular flexibility index (Phi) is 33.2. The van der Waals surface area contributed by atoms with Crippen LogP contribution in [0.25, 0.3) is 16.9 Å². The fourth-order valence-electron chi connectivity index (χ4n) is 13.3. The van der Waals surface area contributed by atoms with Gasteiger partial charge in [-0.1, -0.05) is 56.3 Å². The number of pyridine rings is 3. The molecular formula is C86H99F4LiN13O14-. The second kappa shape index (κ2) is 42.6.